The van der Waals surface area contributed by atoms with Gasteiger partial charge in [0.15, 0.2) is 0 Å². The van der Waals surface area contributed by atoms with E-state index in [4.69, 9.17) is 0 Å². The molecule has 0 spiro atoms. The maximum Gasteiger partial charge on any atom is 0.534 e. The summed E-state index contributed by atoms with van der Waals surface area (Å²) in [6, 6.07) is 9.59. The van der Waals surface area contributed by atoms with Gasteiger partial charge in [0.2, 0.25) is 0 Å². The molecule has 0 bridgehead atoms. The molecule has 0 saturated carbocycles. The fourth-order valence-electron chi connectivity index (χ4n) is 1.65. The van der Waals surface area contributed by atoms with Crippen molar-refractivity contribution in [3.63, 3.8) is 0 Å². The molecule has 8 heteroatoms. The SMILES string of the molecule is C[C@@H](/C=C/OS(=O)(=O)C(F)(F)F)[Si](C)(C)c1ccccc1. The van der Waals surface area contributed by atoms with Crippen LogP contribution >= 0.6 is 0 Å². The van der Waals surface area contributed by atoms with Crippen molar-refractivity contribution in [3.05, 3.63) is 42.7 Å². The Kier molecular flexibility index (Phi) is 5.27. The predicted octanol–water partition coefficient (Wildman–Crippen LogP) is 3.37. The van der Waals surface area contributed by atoms with Crippen LogP contribution in [0.1, 0.15) is 6.92 Å². The van der Waals surface area contributed by atoms with E-state index in [9.17, 15) is 21.6 Å². The molecule has 0 N–H and O–H groups in total. The van der Waals surface area contributed by atoms with E-state index in [-0.39, 0.29) is 5.54 Å². The Labute approximate surface area is 123 Å². The summed E-state index contributed by atoms with van der Waals surface area (Å²) in [5.74, 6) is 0. The fourth-order valence-corrected chi connectivity index (χ4v) is 4.11. The van der Waals surface area contributed by atoms with Gasteiger partial charge in [0.25, 0.3) is 0 Å². The minimum Gasteiger partial charge on any atom is -0.384 e. The van der Waals surface area contributed by atoms with Gasteiger partial charge >= 0.3 is 15.6 Å². The van der Waals surface area contributed by atoms with E-state index in [0.717, 1.165) is 5.19 Å². The lowest BCUT2D eigenvalue weighted by atomic mass is 10.4. The van der Waals surface area contributed by atoms with Crippen molar-refractivity contribution < 1.29 is 25.8 Å². The number of rotatable bonds is 5. The molecule has 0 amide bonds. The second-order valence-electron chi connectivity index (χ2n) is 5.20. The van der Waals surface area contributed by atoms with Crippen LogP contribution in [0.2, 0.25) is 18.6 Å². The van der Waals surface area contributed by atoms with Gasteiger partial charge in [-0.3, -0.25) is 0 Å². The molecule has 1 rings (SSSR count). The first-order valence-electron chi connectivity index (χ1n) is 6.20. The van der Waals surface area contributed by atoms with Crippen LogP contribution in [0.3, 0.4) is 0 Å². The van der Waals surface area contributed by atoms with E-state index in [1.54, 1.807) is 0 Å². The second kappa shape index (κ2) is 6.23. The van der Waals surface area contributed by atoms with E-state index in [0.29, 0.717) is 6.26 Å². The minimum absolute atomic E-state index is 0.0941. The number of benzene rings is 1. The highest BCUT2D eigenvalue weighted by Crippen LogP contribution is 2.26. The summed E-state index contributed by atoms with van der Waals surface area (Å²) in [5.41, 5.74) is -5.50. The zero-order valence-corrected chi connectivity index (χ0v) is 13.7. The Morgan fingerprint density at radius 1 is 1.19 bits per heavy atom. The van der Waals surface area contributed by atoms with Crippen LogP contribution in [0.5, 0.6) is 0 Å². The molecular formula is C13H17F3O3SSi. The van der Waals surface area contributed by atoms with Crippen LogP contribution in [0.15, 0.2) is 42.7 Å². The Morgan fingerprint density at radius 3 is 2.19 bits per heavy atom. The molecule has 0 aliphatic rings. The molecule has 1 aromatic rings. The lowest BCUT2D eigenvalue weighted by Crippen LogP contribution is -2.44. The van der Waals surface area contributed by atoms with Gasteiger partial charge in [-0.15, -0.1) is 0 Å². The smallest absolute Gasteiger partial charge is 0.384 e. The predicted molar refractivity (Wildman–Crippen MR) is 78.2 cm³/mol. The summed E-state index contributed by atoms with van der Waals surface area (Å²) in [5, 5.41) is 1.13. The molecule has 0 fully saturated rings. The molecule has 1 atom stereocenters. The van der Waals surface area contributed by atoms with Gasteiger partial charge < -0.3 is 4.18 Å². The van der Waals surface area contributed by atoms with Crippen molar-refractivity contribution in [3.8, 4) is 0 Å². The molecule has 118 valence electrons. The van der Waals surface area contributed by atoms with Gasteiger partial charge in [0.05, 0.1) is 8.07 Å². The highest BCUT2D eigenvalue weighted by atomic mass is 32.2. The molecule has 1 aromatic carbocycles. The van der Waals surface area contributed by atoms with Crippen molar-refractivity contribution in [2.24, 2.45) is 0 Å². The quantitative estimate of drug-likeness (QED) is 0.358. The van der Waals surface area contributed by atoms with Crippen molar-refractivity contribution in [2.75, 3.05) is 0 Å². The topological polar surface area (TPSA) is 43.4 Å². The zero-order chi connectivity index (χ0) is 16.3. The molecule has 21 heavy (non-hydrogen) atoms. The van der Waals surface area contributed by atoms with Gasteiger partial charge in [0.1, 0.15) is 6.26 Å². The first kappa shape index (κ1) is 17.8. The van der Waals surface area contributed by atoms with Crippen molar-refractivity contribution in [1.82, 2.24) is 0 Å². The van der Waals surface area contributed by atoms with Gasteiger partial charge in [-0.25, -0.2) is 0 Å². The number of allylic oxidation sites excluding steroid dienone is 1. The van der Waals surface area contributed by atoms with E-state index in [1.165, 1.54) is 6.08 Å². The van der Waals surface area contributed by atoms with Crippen LogP contribution in [0.4, 0.5) is 13.2 Å². The van der Waals surface area contributed by atoms with Crippen molar-refractivity contribution >= 4 is 23.4 Å². The number of hydrogen-bond acceptors (Lipinski definition) is 3. The average molecular weight is 338 g/mol. The first-order chi connectivity index (χ1) is 9.48. The largest absolute Gasteiger partial charge is 0.534 e. The van der Waals surface area contributed by atoms with Crippen molar-refractivity contribution in [2.45, 2.75) is 31.1 Å². The second-order valence-corrected chi connectivity index (χ2v) is 11.7. The third-order valence-electron chi connectivity index (χ3n) is 3.49. The highest BCUT2D eigenvalue weighted by Gasteiger charge is 2.47. The summed E-state index contributed by atoms with van der Waals surface area (Å²) in [6.45, 7) is 5.94. The van der Waals surface area contributed by atoms with Gasteiger partial charge in [-0.2, -0.15) is 21.6 Å². The summed E-state index contributed by atoms with van der Waals surface area (Å²) >= 11 is 0. The Morgan fingerprint density at radius 2 is 1.71 bits per heavy atom. The summed E-state index contributed by atoms with van der Waals surface area (Å²) < 4.78 is 61.8. The molecule has 0 heterocycles. The van der Waals surface area contributed by atoms with Gasteiger partial charge in [-0.1, -0.05) is 55.5 Å². The normalized spacial score (nSPS) is 15.1. The van der Waals surface area contributed by atoms with E-state index < -0.39 is 23.7 Å². The lowest BCUT2D eigenvalue weighted by molar-refractivity contribution is -0.0515. The standard InChI is InChI=1S/C13H17F3O3SSi/c1-11(9-10-19-20(17,18)13(14,15)16)21(2,3)12-7-5-4-6-8-12/h4-11H,1-3H3/b10-9+/t11-/m0/s1. The number of hydrogen-bond donors (Lipinski definition) is 0. The third-order valence-corrected chi connectivity index (χ3v) is 8.71. The molecule has 0 aliphatic carbocycles. The van der Waals surface area contributed by atoms with Crippen LogP contribution < -0.4 is 5.19 Å². The Hall–Kier alpha value is -1.28. The first-order valence-corrected chi connectivity index (χ1v) is 10.7. The molecule has 3 nitrogen and oxygen atoms in total. The van der Waals surface area contributed by atoms with E-state index >= 15 is 0 Å². The molecule has 0 aromatic heterocycles. The maximum atomic E-state index is 12.1. The van der Waals surface area contributed by atoms with Gasteiger partial charge in [-0.05, 0) is 11.6 Å². The van der Waals surface area contributed by atoms with Crippen LogP contribution in [0.25, 0.3) is 0 Å². The maximum absolute atomic E-state index is 12.1. The zero-order valence-electron chi connectivity index (χ0n) is 11.9. The Bertz CT molecular complexity index is 595. The van der Waals surface area contributed by atoms with Crippen LogP contribution in [-0.2, 0) is 14.3 Å². The number of alkyl halides is 3. The van der Waals surface area contributed by atoms with Crippen molar-refractivity contribution in [1.29, 1.82) is 0 Å². The molecule has 0 saturated heterocycles. The summed E-state index contributed by atoms with van der Waals surface area (Å²) in [7, 11) is -7.54. The van der Waals surface area contributed by atoms with E-state index in [2.05, 4.69) is 17.3 Å². The Balaban J connectivity index is 2.82. The highest BCUT2D eigenvalue weighted by molar-refractivity contribution is 7.87. The number of halogens is 3. The molecular weight excluding hydrogens is 321 g/mol. The van der Waals surface area contributed by atoms with Crippen LogP contribution in [0, 0.1) is 0 Å². The monoisotopic (exact) mass is 338 g/mol. The molecule has 0 unspecified atom stereocenters. The summed E-state index contributed by atoms with van der Waals surface area (Å²) in [6.07, 6.45) is 1.98. The lowest BCUT2D eigenvalue weighted by Gasteiger charge is -2.28. The fraction of sp³-hybridized carbons (Fsp3) is 0.385. The average Bonchev–Trinajstić information content (AvgIpc) is 2.38. The van der Waals surface area contributed by atoms with Crippen LogP contribution in [-0.4, -0.2) is 22.0 Å². The summed E-state index contributed by atoms with van der Waals surface area (Å²) in [4.78, 5) is 0. The third kappa shape index (κ3) is 4.34. The molecule has 0 aliphatic heterocycles. The molecule has 0 radical (unpaired) electrons. The van der Waals surface area contributed by atoms with Gasteiger partial charge in [0, 0.05) is 0 Å². The van der Waals surface area contributed by atoms with E-state index in [1.807, 2.05) is 37.3 Å². The minimum atomic E-state index is -5.57.